The first-order valence-corrected chi connectivity index (χ1v) is 6.41. The summed E-state index contributed by atoms with van der Waals surface area (Å²) in [6.45, 7) is 7.05. The van der Waals surface area contributed by atoms with Crippen LogP contribution in [0.3, 0.4) is 0 Å². The van der Waals surface area contributed by atoms with Crippen molar-refractivity contribution in [2.75, 3.05) is 18.0 Å². The summed E-state index contributed by atoms with van der Waals surface area (Å²) in [5.41, 5.74) is 1.17. The second kappa shape index (κ2) is 6.79. The van der Waals surface area contributed by atoms with E-state index in [9.17, 15) is 9.90 Å². The molecule has 0 heterocycles. The van der Waals surface area contributed by atoms with Crippen LogP contribution in [0.5, 0.6) is 5.75 Å². The van der Waals surface area contributed by atoms with Crippen molar-refractivity contribution >= 4 is 11.5 Å². The van der Waals surface area contributed by atoms with Crippen molar-refractivity contribution < 1.29 is 9.90 Å². The van der Waals surface area contributed by atoms with Crippen LogP contribution in [-0.2, 0) is 0 Å². The van der Waals surface area contributed by atoms with Crippen LogP contribution in [0.4, 0.5) is 5.69 Å². The van der Waals surface area contributed by atoms with Gasteiger partial charge in [-0.25, -0.2) is 0 Å². The molecule has 0 aliphatic rings. The van der Waals surface area contributed by atoms with Crippen LogP contribution in [0, 0.1) is 17.2 Å². The number of hydrogen-bond acceptors (Lipinski definition) is 4. The number of carbonyl (C=O) groups excluding carboxylic acids is 1. The Morgan fingerprint density at radius 1 is 1.47 bits per heavy atom. The van der Waals surface area contributed by atoms with Gasteiger partial charge in [-0.05, 0) is 25.0 Å². The van der Waals surface area contributed by atoms with E-state index >= 15 is 0 Å². The molecule has 1 rings (SSSR count). The molecule has 0 aromatic heterocycles. The van der Waals surface area contributed by atoms with Crippen molar-refractivity contribution in [3.63, 3.8) is 0 Å². The van der Waals surface area contributed by atoms with Crippen molar-refractivity contribution in [3.05, 3.63) is 23.8 Å². The largest absolute Gasteiger partial charge is 0.507 e. The lowest BCUT2D eigenvalue weighted by Crippen LogP contribution is -2.28. The molecule has 1 aromatic rings. The van der Waals surface area contributed by atoms with Crippen LogP contribution >= 0.6 is 0 Å². The molecule has 0 fully saturated rings. The minimum atomic E-state index is -0.156. The molecule has 4 nitrogen and oxygen atoms in total. The van der Waals surface area contributed by atoms with Gasteiger partial charge in [0.1, 0.15) is 5.75 Å². The van der Waals surface area contributed by atoms with E-state index in [0.29, 0.717) is 24.4 Å². The number of Topliss-reactive ketones (excluding diaryl/α,β-unsaturated/α-hetero) is 1. The molecule has 4 heteroatoms. The lowest BCUT2D eigenvalue weighted by Gasteiger charge is -2.26. The number of carbonyl (C=O) groups is 1. The first kappa shape index (κ1) is 15.0. The predicted molar refractivity (Wildman–Crippen MR) is 75.4 cm³/mol. The molecule has 0 aliphatic heterocycles. The fourth-order valence-corrected chi connectivity index (χ4v) is 1.97. The van der Waals surface area contributed by atoms with E-state index in [1.165, 1.54) is 6.92 Å². The molecule has 0 amide bonds. The Morgan fingerprint density at radius 2 is 2.16 bits per heavy atom. The Bertz CT molecular complexity index is 489. The van der Waals surface area contributed by atoms with E-state index in [-0.39, 0.29) is 11.5 Å². The van der Waals surface area contributed by atoms with Gasteiger partial charge in [0.15, 0.2) is 5.78 Å². The van der Waals surface area contributed by atoms with Crippen molar-refractivity contribution in [1.82, 2.24) is 0 Å². The van der Waals surface area contributed by atoms with Gasteiger partial charge in [-0.15, -0.1) is 0 Å². The number of benzene rings is 1. The third-order valence-electron chi connectivity index (χ3n) is 2.80. The summed E-state index contributed by atoms with van der Waals surface area (Å²) < 4.78 is 0. The van der Waals surface area contributed by atoms with Gasteiger partial charge in [0.05, 0.1) is 18.1 Å². The van der Waals surface area contributed by atoms with Crippen LogP contribution < -0.4 is 4.90 Å². The third-order valence-corrected chi connectivity index (χ3v) is 2.80. The second-order valence-electron chi connectivity index (χ2n) is 5.01. The monoisotopic (exact) mass is 260 g/mol. The molecular formula is C15H20N2O2. The van der Waals surface area contributed by atoms with Crippen LogP contribution in [0.2, 0.25) is 0 Å². The van der Waals surface area contributed by atoms with Crippen molar-refractivity contribution in [2.45, 2.75) is 27.2 Å². The van der Waals surface area contributed by atoms with E-state index in [4.69, 9.17) is 5.26 Å². The third kappa shape index (κ3) is 4.29. The summed E-state index contributed by atoms with van der Waals surface area (Å²) in [5, 5.41) is 18.6. The molecule has 0 aliphatic carbocycles. The number of rotatable bonds is 6. The highest BCUT2D eigenvalue weighted by atomic mass is 16.3. The van der Waals surface area contributed by atoms with Crippen LogP contribution in [0.25, 0.3) is 0 Å². The average Bonchev–Trinajstić information content (AvgIpc) is 2.33. The fourth-order valence-electron chi connectivity index (χ4n) is 1.97. The molecule has 1 N–H and O–H groups in total. The number of nitriles is 1. The average molecular weight is 260 g/mol. The van der Waals surface area contributed by atoms with Crippen molar-refractivity contribution in [2.24, 2.45) is 5.92 Å². The van der Waals surface area contributed by atoms with E-state index in [1.807, 2.05) is 6.07 Å². The molecule has 0 saturated carbocycles. The summed E-state index contributed by atoms with van der Waals surface area (Å²) in [6, 6.07) is 7.17. The molecule has 0 unspecified atom stereocenters. The van der Waals surface area contributed by atoms with Crippen molar-refractivity contribution in [1.29, 1.82) is 5.26 Å². The molecule has 0 atom stereocenters. The van der Waals surface area contributed by atoms with Gasteiger partial charge in [-0.3, -0.25) is 4.79 Å². The van der Waals surface area contributed by atoms with Gasteiger partial charge < -0.3 is 10.0 Å². The summed E-state index contributed by atoms with van der Waals surface area (Å²) >= 11 is 0. The van der Waals surface area contributed by atoms with Gasteiger partial charge in [-0.2, -0.15) is 5.26 Å². The quantitative estimate of drug-likeness (QED) is 0.799. The van der Waals surface area contributed by atoms with E-state index in [2.05, 4.69) is 24.8 Å². The molecule has 0 spiro atoms. The summed E-state index contributed by atoms with van der Waals surface area (Å²) in [5.74, 6) is 0.292. The lowest BCUT2D eigenvalue weighted by atomic mass is 10.1. The Balaban J connectivity index is 2.99. The Morgan fingerprint density at radius 3 is 2.63 bits per heavy atom. The fraction of sp³-hybridized carbons (Fsp3) is 0.467. The Labute approximate surface area is 114 Å². The minimum absolute atomic E-state index is 0.00397. The molecule has 102 valence electrons. The summed E-state index contributed by atoms with van der Waals surface area (Å²) in [6.07, 6.45) is 0.432. The standard InChI is InChI=1S/C15H20N2O2/c1-11(2)10-17(8-4-7-16)13-5-6-14(12(3)18)15(19)9-13/h5-6,9,11,19H,4,8,10H2,1-3H3. The Hall–Kier alpha value is -2.02. The zero-order chi connectivity index (χ0) is 14.4. The highest BCUT2D eigenvalue weighted by molar-refractivity contribution is 5.97. The van der Waals surface area contributed by atoms with Crippen LogP contribution in [0.15, 0.2) is 18.2 Å². The molecule has 19 heavy (non-hydrogen) atoms. The molecule has 0 radical (unpaired) electrons. The van der Waals surface area contributed by atoms with Gasteiger partial charge in [0.2, 0.25) is 0 Å². The predicted octanol–water partition coefficient (Wildman–Crippen LogP) is 2.97. The number of nitrogens with zero attached hydrogens (tertiary/aromatic N) is 2. The highest BCUT2D eigenvalue weighted by Gasteiger charge is 2.12. The summed E-state index contributed by atoms with van der Waals surface area (Å²) in [7, 11) is 0. The maximum absolute atomic E-state index is 11.3. The Kier molecular flexibility index (Phi) is 5.37. The van der Waals surface area contributed by atoms with Gasteiger partial charge in [-0.1, -0.05) is 13.8 Å². The maximum Gasteiger partial charge on any atom is 0.163 e. The van der Waals surface area contributed by atoms with Crippen molar-refractivity contribution in [3.8, 4) is 11.8 Å². The molecule has 0 saturated heterocycles. The van der Waals surface area contributed by atoms with Gasteiger partial charge in [0, 0.05) is 24.8 Å². The summed E-state index contributed by atoms with van der Waals surface area (Å²) in [4.78, 5) is 13.3. The number of anilines is 1. The molecule has 1 aromatic carbocycles. The number of phenols is 1. The smallest absolute Gasteiger partial charge is 0.163 e. The SMILES string of the molecule is CC(=O)c1ccc(N(CCC#N)CC(C)C)cc1O. The van der Waals surface area contributed by atoms with Crippen LogP contribution in [-0.4, -0.2) is 24.0 Å². The number of ketones is 1. The first-order chi connectivity index (χ1) is 8.95. The molecule has 0 bridgehead atoms. The number of phenolic OH excluding ortho intramolecular Hbond substituents is 1. The minimum Gasteiger partial charge on any atom is -0.507 e. The number of hydrogen-bond donors (Lipinski definition) is 1. The zero-order valence-electron chi connectivity index (χ0n) is 11.7. The normalized spacial score (nSPS) is 10.3. The van der Waals surface area contributed by atoms with Gasteiger partial charge in [0.25, 0.3) is 0 Å². The lowest BCUT2D eigenvalue weighted by molar-refractivity contribution is 0.101. The van der Waals surface area contributed by atoms with E-state index in [1.54, 1.807) is 12.1 Å². The first-order valence-electron chi connectivity index (χ1n) is 6.41. The second-order valence-corrected chi connectivity index (χ2v) is 5.01. The highest BCUT2D eigenvalue weighted by Crippen LogP contribution is 2.25. The number of aromatic hydroxyl groups is 1. The van der Waals surface area contributed by atoms with E-state index in [0.717, 1.165) is 12.2 Å². The zero-order valence-corrected chi connectivity index (χ0v) is 11.7. The van der Waals surface area contributed by atoms with Crippen LogP contribution in [0.1, 0.15) is 37.6 Å². The molecular weight excluding hydrogens is 240 g/mol. The topological polar surface area (TPSA) is 64.3 Å². The van der Waals surface area contributed by atoms with Gasteiger partial charge >= 0.3 is 0 Å². The maximum atomic E-state index is 11.3. The van der Waals surface area contributed by atoms with E-state index < -0.39 is 0 Å².